The molecule has 2 atom stereocenters. The molecule has 0 aliphatic carbocycles. The molecular formula is C42H53N3O5. The second-order valence-electron chi connectivity index (χ2n) is 12.1. The second-order valence-corrected chi connectivity index (χ2v) is 12.1. The number of nitrogens with zero attached hydrogens (tertiary/aromatic N) is 1. The van der Waals surface area contributed by atoms with E-state index in [0.717, 1.165) is 27.6 Å². The van der Waals surface area contributed by atoms with Crippen LogP contribution in [0.15, 0.2) is 103 Å². The van der Waals surface area contributed by atoms with Crippen LogP contribution in [0.1, 0.15) is 56.4 Å². The van der Waals surface area contributed by atoms with E-state index >= 15 is 0 Å². The monoisotopic (exact) mass is 679 g/mol. The molecule has 0 spiro atoms. The van der Waals surface area contributed by atoms with E-state index in [9.17, 15) is 14.4 Å². The summed E-state index contributed by atoms with van der Waals surface area (Å²) in [6, 6.07) is 31.9. The smallest absolute Gasteiger partial charge is 0.323 e. The lowest BCUT2D eigenvalue weighted by Crippen LogP contribution is -2.49. The molecule has 8 nitrogen and oxygen atoms in total. The topological polar surface area (TPSA) is 97.0 Å². The van der Waals surface area contributed by atoms with Gasteiger partial charge in [0.15, 0.2) is 0 Å². The Labute approximate surface area is 297 Å². The van der Waals surface area contributed by atoms with Gasteiger partial charge in [-0.25, -0.2) is 0 Å². The summed E-state index contributed by atoms with van der Waals surface area (Å²) in [6.45, 7) is 11.4. The lowest BCUT2D eigenvalue weighted by molar-refractivity contribution is -0.145. The standard InChI is InChI=1S/C38H45N3O3.C4H8O2/c1-5-31(34-19-13-10-14-28(34)3)26-36(38(43)44-6-2)40-23-22-39-35(37(42)41(4)27-29-15-8-7-9-16-29)25-30-20-21-32-17-11-12-18-33(32)24-30;1-3-6-4(2)5/h5,7-21,24,35-36,39-40H,6,22-23,25-27H2,1-4H3;3H2,1-2H3/b31-5-;. The molecule has 0 saturated heterocycles. The number of hydrogen-bond donors (Lipinski definition) is 2. The van der Waals surface area contributed by atoms with E-state index in [1.54, 1.807) is 11.8 Å². The van der Waals surface area contributed by atoms with Gasteiger partial charge in [0.1, 0.15) is 6.04 Å². The number of aryl methyl sites for hydroxylation is 1. The molecule has 0 heterocycles. The first kappa shape index (κ1) is 39.6. The first-order valence-corrected chi connectivity index (χ1v) is 17.4. The highest BCUT2D eigenvalue weighted by atomic mass is 16.5. The quantitative estimate of drug-likeness (QED) is 0.0984. The van der Waals surface area contributed by atoms with Gasteiger partial charge in [-0.3, -0.25) is 14.4 Å². The third kappa shape index (κ3) is 12.9. The van der Waals surface area contributed by atoms with E-state index in [1.807, 2.05) is 75.5 Å². The molecule has 0 aromatic heterocycles. The van der Waals surface area contributed by atoms with Crippen LogP contribution >= 0.6 is 0 Å². The van der Waals surface area contributed by atoms with Gasteiger partial charge in [-0.1, -0.05) is 103 Å². The van der Waals surface area contributed by atoms with Crippen molar-refractivity contribution in [3.05, 3.63) is 125 Å². The molecule has 0 fully saturated rings. The maximum atomic E-state index is 13.8. The molecule has 50 heavy (non-hydrogen) atoms. The summed E-state index contributed by atoms with van der Waals surface area (Å²) in [5.74, 6) is -0.455. The number of amides is 1. The van der Waals surface area contributed by atoms with Gasteiger partial charge in [-0.15, -0.1) is 0 Å². The van der Waals surface area contributed by atoms with Gasteiger partial charge in [-0.2, -0.15) is 0 Å². The number of nitrogens with one attached hydrogen (secondary N) is 2. The summed E-state index contributed by atoms with van der Waals surface area (Å²) in [4.78, 5) is 38.3. The lowest BCUT2D eigenvalue weighted by Gasteiger charge is -2.26. The number of carbonyl (C=O) groups is 3. The summed E-state index contributed by atoms with van der Waals surface area (Å²) in [6.07, 6.45) is 3.13. The van der Waals surface area contributed by atoms with Crippen LogP contribution in [0.3, 0.4) is 0 Å². The minimum atomic E-state index is -0.502. The van der Waals surface area contributed by atoms with Crippen LogP contribution in [0.2, 0.25) is 0 Å². The van der Waals surface area contributed by atoms with Crippen molar-refractivity contribution in [1.29, 1.82) is 0 Å². The number of benzene rings is 4. The van der Waals surface area contributed by atoms with Crippen LogP contribution in [0, 0.1) is 6.92 Å². The average Bonchev–Trinajstić information content (AvgIpc) is 3.11. The molecule has 0 bridgehead atoms. The normalized spacial score (nSPS) is 12.3. The van der Waals surface area contributed by atoms with E-state index < -0.39 is 12.1 Å². The van der Waals surface area contributed by atoms with Gasteiger partial charge in [0.25, 0.3) is 0 Å². The van der Waals surface area contributed by atoms with Crippen LogP contribution in [0.5, 0.6) is 0 Å². The Morgan fingerprint density at radius 3 is 2.00 bits per heavy atom. The van der Waals surface area contributed by atoms with E-state index in [2.05, 4.69) is 70.8 Å². The van der Waals surface area contributed by atoms with Crippen molar-refractivity contribution in [2.45, 2.75) is 66.1 Å². The van der Waals surface area contributed by atoms with Gasteiger partial charge in [0.2, 0.25) is 5.91 Å². The van der Waals surface area contributed by atoms with Crippen LogP contribution < -0.4 is 10.6 Å². The zero-order valence-corrected chi connectivity index (χ0v) is 30.4. The fourth-order valence-corrected chi connectivity index (χ4v) is 5.76. The van der Waals surface area contributed by atoms with Crippen molar-refractivity contribution in [2.24, 2.45) is 0 Å². The van der Waals surface area contributed by atoms with Crippen molar-refractivity contribution in [3.8, 4) is 0 Å². The summed E-state index contributed by atoms with van der Waals surface area (Å²) in [5.41, 5.74) is 5.57. The van der Waals surface area contributed by atoms with Gasteiger partial charge < -0.3 is 25.0 Å². The number of hydrogen-bond acceptors (Lipinski definition) is 7. The van der Waals surface area contributed by atoms with Gasteiger partial charge in [-0.05, 0) is 79.1 Å². The molecule has 4 aromatic carbocycles. The number of ether oxygens (including phenoxy) is 2. The van der Waals surface area contributed by atoms with Crippen molar-refractivity contribution in [1.82, 2.24) is 15.5 Å². The molecule has 0 aliphatic rings. The Balaban J connectivity index is 0.00000103. The Morgan fingerprint density at radius 2 is 1.38 bits per heavy atom. The van der Waals surface area contributed by atoms with Crippen molar-refractivity contribution < 1.29 is 23.9 Å². The largest absolute Gasteiger partial charge is 0.466 e. The van der Waals surface area contributed by atoms with Crippen LogP contribution in [0.4, 0.5) is 0 Å². The molecule has 0 radical (unpaired) electrons. The van der Waals surface area contributed by atoms with Gasteiger partial charge in [0.05, 0.1) is 19.3 Å². The molecule has 2 unspecified atom stereocenters. The number of likely N-dealkylation sites (N-methyl/N-ethyl adjacent to an activating group) is 1. The Morgan fingerprint density at radius 1 is 0.760 bits per heavy atom. The van der Waals surface area contributed by atoms with E-state index in [1.165, 1.54) is 17.9 Å². The number of carbonyl (C=O) groups excluding carboxylic acids is 3. The average molecular weight is 680 g/mol. The minimum Gasteiger partial charge on any atom is -0.466 e. The van der Waals surface area contributed by atoms with Crippen molar-refractivity contribution in [3.63, 3.8) is 0 Å². The third-order valence-corrected chi connectivity index (χ3v) is 8.28. The fourth-order valence-electron chi connectivity index (χ4n) is 5.76. The molecule has 4 rings (SSSR count). The maximum absolute atomic E-state index is 13.8. The maximum Gasteiger partial charge on any atom is 0.323 e. The Bertz CT molecular complexity index is 1690. The van der Waals surface area contributed by atoms with E-state index in [4.69, 9.17) is 4.74 Å². The Kier molecular flexibility index (Phi) is 16.9. The molecule has 0 aliphatic heterocycles. The minimum absolute atomic E-state index is 0.0275. The number of rotatable bonds is 16. The molecule has 1 amide bonds. The van der Waals surface area contributed by atoms with Crippen LogP contribution in [0.25, 0.3) is 16.3 Å². The number of fused-ring (bicyclic) bond motifs is 1. The van der Waals surface area contributed by atoms with Gasteiger partial charge in [0, 0.05) is 33.6 Å². The number of allylic oxidation sites excluding steroid dienone is 1. The number of esters is 2. The molecule has 4 aromatic rings. The highest BCUT2D eigenvalue weighted by molar-refractivity contribution is 5.85. The molecule has 266 valence electrons. The summed E-state index contributed by atoms with van der Waals surface area (Å²) in [7, 11) is 1.85. The van der Waals surface area contributed by atoms with Crippen molar-refractivity contribution in [2.75, 3.05) is 33.4 Å². The highest BCUT2D eigenvalue weighted by Crippen LogP contribution is 2.24. The molecule has 8 heteroatoms. The lowest BCUT2D eigenvalue weighted by atomic mass is 9.95. The molecule has 0 saturated carbocycles. The SMILES string of the molecule is C/C=C(/CC(NCCNC(Cc1ccc2ccccc2c1)C(=O)N(C)Cc1ccccc1)C(=O)OCC)c1ccccc1C.CCOC(C)=O. The first-order valence-electron chi connectivity index (χ1n) is 17.4. The molecular weight excluding hydrogens is 626 g/mol. The van der Waals surface area contributed by atoms with Gasteiger partial charge >= 0.3 is 11.9 Å². The predicted molar refractivity (Wildman–Crippen MR) is 203 cm³/mol. The summed E-state index contributed by atoms with van der Waals surface area (Å²) >= 11 is 0. The highest BCUT2D eigenvalue weighted by Gasteiger charge is 2.24. The summed E-state index contributed by atoms with van der Waals surface area (Å²) < 4.78 is 9.83. The van der Waals surface area contributed by atoms with Crippen LogP contribution in [-0.4, -0.2) is 68.2 Å². The zero-order chi connectivity index (χ0) is 36.3. The van der Waals surface area contributed by atoms with Crippen LogP contribution in [-0.2, 0) is 36.8 Å². The predicted octanol–water partition coefficient (Wildman–Crippen LogP) is 6.89. The summed E-state index contributed by atoms with van der Waals surface area (Å²) in [5, 5.41) is 9.23. The second kappa shape index (κ2) is 21.3. The third-order valence-electron chi connectivity index (χ3n) is 8.28. The van der Waals surface area contributed by atoms with E-state index in [-0.39, 0.29) is 17.8 Å². The zero-order valence-electron chi connectivity index (χ0n) is 30.4. The molecule has 2 N–H and O–H groups in total. The first-order chi connectivity index (χ1) is 24.2. The van der Waals surface area contributed by atoms with E-state index in [0.29, 0.717) is 45.7 Å². The van der Waals surface area contributed by atoms with Crippen molar-refractivity contribution >= 4 is 34.2 Å². The fraction of sp³-hybridized carbons (Fsp3) is 0.357. The Hall–Kier alpha value is -4.79.